The first-order chi connectivity index (χ1) is 16.1. The van der Waals surface area contributed by atoms with Gasteiger partial charge in [-0.3, -0.25) is 9.88 Å². The summed E-state index contributed by atoms with van der Waals surface area (Å²) in [4.78, 5) is 19.4. The van der Waals surface area contributed by atoms with Crippen LogP contribution in [0.5, 0.6) is 0 Å². The van der Waals surface area contributed by atoms with Crippen LogP contribution < -0.4 is 4.90 Å². The summed E-state index contributed by atoms with van der Waals surface area (Å²) >= 11 is 0. The van der Waals surface area contributed by atoms with Gasteiger partial charge in [0.2, 0.25) is 0 Å². The van der Waals surface area contributed by atoms with Crippen molar-refractivity contribution < 1.29 is 13.9 Å². The zero-order valence-electron chi connectivity index (χ0n) is 20.7. The number of halogens is 2. The van der Waals surface area contributed by atoms with Crippen molar-refractivity contribution in [1.29, 1.82) is 0 Å². The largest absolute Gasteiger partial charge is 0.443 e. The van der Waals surface area contributed by atoms with Crippen LogP contribution in [0.15, 0.2) is 66.9 Å². The Morgan fingerprint density at radius 1 is 1.03 bits per heavy atom. The van der Waals surface area contributed by atoms with Gasteiger partial charge in [0.15, 0.2) is 0 Å². The Labute approximate surface area is 212 Å². The maximum Gasteiger partial charge on any atom is 0.415 e. The van der Waals surface area contributed by atoms with Crippen molar-refractivity contribution in [3.05, 3.63) is 95.2 Å². The lowest BCUT2D eigenvalue weighted by molar-refractivity contribution is 0.0577. The monoisotopic (exact) mass is 495 g/mol. The van der Waals surface area contributed by atoms with Crippen molar-refractivity contribution in [3.63, 3.8) is 0 Å². The highest BCUT2D eigenvalue weighted by molar-refractivity contribution is 5.91. The lowest BCUT2D eigenvalue weighted by Crippen LogP contribution is -2.36. The third-order valence-electron chi connectivity index (χ3n) is 5.87. The van der Waals surface area contributed by atoms with Crippen LogP contribution in [-0.2, 0) is 17.8 Å². The Morgan fingerprint density at radius 3 is 2.31 bits per heavy atom. The quantitative estimate of drug-likeness (QED) is 0.294. The first-order valence-corrected chi connectivity index (χ1v) is 11.4. The molecule has 0 fully saturated rings. The van der Waals surface area contributed by atoms with E-state index in [0.29, 0.717) is 12.2 Å². The summed E-state index contributed by atoms with van der Waals surface area (Å²) < 4.78 is 21.5. The van der Waals surface area contributed by atoms with Crippen LogP contribution in [-0.4, -0.2) is 21.2 Å². The predicted octanol–water partition coefficient (Wildman–Crippen LogP) is 7.20. The molecule has 4 aromatic rings. The van der Waals surface area contributed by atoms with Gasteiger partial charge in [0.25, 0.3) is 0 Å². The number of ether oxygens (including phenoxy) is 1. The topological polar surface area (TPSA) is 47.4 Å². The van der Waals surface area contributed by atoms with Gasteiger partial charge in [0, 0.05) is 29.5 Å². The molecule has 0 N–H and O–H groups in total. The van der Waals surface area contributed by atoms with Crippen LogP contribution in [0.4, 0.5) is 14.9 Å². The van der Waals surface area contributed by atoms with Crippen LogP contribution in [0.1, 0.15) is 43.3 Å². The highest BCUT2D eigenvalue weighted by Crippen LogP contribution is 2.30. The molecule has 2 aromatic heterocycles. The molecule has 0 bridgehead atoms. The number of carbonyl (C=O) groups is 1. The molecule has 4 rings (SSSR count). The van der Waals surface area contributed by atoms with E-state index >= 15 is 0 Å². The van der Waals surface area contributed by atoms with Gasteiger partial charge in [-0.25, -0.2) is 9.18 Å². The first kappa shape index (κ1) is 26.2. The number of fused-ring (bicyclic) bond motifs is 1. The molecule has 0 atom stereocenters. The van der Waals surface area contributed by atoms with E-state index in [4.69, 9.17) is 4.74 Å². The molecule has 2 heterocycles. The zero-order valence-corrected chi connectivity index (χ0v) is 21.5. The van der Waals surface area contributed by atoms with Crippen molar-refractivity contribution in [2.75, 3.05) is 4.90 Å². The molecule has 0 spiro atoms. The summed E-state index contributed by atoms with van der Waals surface area (Å²) in [5, 5.41) is 1.10. The molecule has 0 aliphatic heterocycles. The van der Waals surface area contributed by atoms with Crippen LogP contribution in [0.3, 0.4) is 0 Å². The fourth-order valence-electron chi connectivity index (χ4n) is 4.09. The van der Waals surface area contributed by atoms with E-state index < -0.39 is 11.7 Å². The fourth-order valence-corrected chi connectivity index (χ4v) is 4.09. The summed E-state index contributed by atoms with van der Waals surface area (Å²) in [7, 11) is 0. The number of hydrogen-bond acceptors (Lipinski definition) is 3. The second kappa shape index (κ2) is 10.5. The Morgan fingerprint density at radius 2 is 1.69 bits per heavy atom. The van der Waals surface area contributed by atoms with E-state index in [9.17, 15) is 9.18 Å². The van der Waals surface area contributed by atoms with Gasteiger partial charge < -0.3 is 9.30 Å². The lowest BCUT2D eigenvalue weighted by Gasteiger charge is -2.27. The van der Waals surface area contributed by atoms with Crippen molar-refractivity contribution in [2.24, 2.45) is 0 Å². The van der Waals surface area contributed by atoms with Crippen LogP contribution in [0, 0.1) is 19.7 Å². The van der Waals surface area contributed by atoms with E-state index in [1.54, 1.807) is 18.3 Å². The van der Waals surface area contributed by atoms with E-state index in [0.717, 1.165) is 22.3 Å². The molecule has 35 heavy (non-hydrogen) atoms. The molecule has 0 radical (unpaired) electrons. The van der Waals surface area contributed by atoms with Gasteiger partial charge in [0.05, 0.1) is 17.8 Å². The number of aromatic nitrogens is 2. The number of carbonyl (C=O) groups excluding carboxylic acids is 1. The minimum Gasteiger partial charge on any atom is -0.443 e. The molecule has 7 heteroatoms. The lowest BCUT2D eigenvalue weighted by atomic mass is 10.1. The SMILES string of the molecule is Cc1c(C)n(Cc2ccccc2)c2c(CN(C(=O)OC(C)(C)C)c3ccc(F)cc3)nccc12.Cl. The molecule has 2 aromatic carbocycles. The number of nitrogens with zero attached hydrogens (tertiary/aromatic N) is 3. The molecule has 0 aliphatic carbocycles. The highest BCUT2D eigenvalue weighted by atomic mass is 35.5. The van der Waals surface area contributed by atoms with Crippen molar-refractivity contribution in [2.45, 2.75) is 53.3 Å². The van der Waals surface area contributed by atoms with Gasteiger partial charge in [-0.15, -0.1) is 12.4 Å². The van der Waals surface area contributed by atoms with Gasteiger partial charge in [-0.05, 0) is 76.1 Å². The normalized spacial score (nSPS) is 11.3. The van der Waals surface area contributed by atoms with Gasteiger partial charge in [0.1, 0.15) is 11.4 Å². The molecule has 5 nitrogen and oxygen atoms in total. The van der Waals surface area contributed by atoms with Crippen molar-refractivity contribution >= 4 is 35.1 Å². The average molecular weight is 496 g/mol. The number of pyridine rings is 1. The number of amides is 1. The predicted molar refractivity (Wildman–Crippen MR) is 141 cm³/mol. The number of anilines is 1. The Hall–Kier alpha value is -3.38. The number of hydrogen-bond donors (Lipinski definition) is 0. The first-order valence-electron chi connectivity index (χ1n) is 11.4. The van der Waals surface area contributed by atoms with Gasteiger partial charge in [-0.1, -0.05) is 30.3 Å². The maximum atomic E-state index is 13.6. The summed E-state index contributed by atoms with van der Waals surface area (Å²) in [6, 6.07) is 18.1. The summed E-state index contributed by atoms with van der Waals surface area (Å²) in [6.07, 6.45) is 1.27. The summed E-state index contributed by atoms with van der Waals surface area (Å²) in [5.41, 5.74) is 5.12. The molecular formula is C28H31ClFN3O2. The molecule has 0 unspecified atom stereocenters. The molecule has 1 amide bonds. The molecule has 0 saturated heterocycles. The van der Waals surface area contributed by atoms with Gasteiger partial charge >= 0.3 is 6.09 Å². The summed E-state index contributed by atoms with van der Waals surface area (Å²) in [6.45, 7) is 10.6. The van der Waals surface area contributed by atoms with Crippen molar-refractivity contribution in [1.82, 2.24) is 9.55 Å². The fraction of sp³-hybridized carbons (Fsp3) is 0.286. The minimum absolute atomic E-state index is 0. The standard InChI is InChI=1S/C28H30FN3O2.ClH/c1-19-20(2)31(17-21-9-7-6-8-10-21)26-24(19)15-16-30-25(26)18-32(27(33)34-28(3,4)5)23-13-11-22(29)12-14-23;/h6-16H,17-18H2,1-5H3;1H. The third-order valence-corrected chi connectivity index (χ3v) is 5.87. The number of benzene rings is 2. The van der Waals surface area contributed by atoms with Crippen LogP contribution in [0.2, 0.25) is 0 Å². The van der Waals surface area contributed by atoms with Gasteiger partial charge in [-0.2, -0.15) is 0 Å². The Balaban J connectivity index is 0.00000342. The molecule has 0 saturated carbocycles. The molecule has 0 aliphatic rings. The molecular weight excluding hydrogens is 465 g/mol. The number of rotatable bonds is 5. The summed E-state index contributed by atoms with van der Waals surface area (Å²) in [5.74, 6) is -0.365. The smallest absolute Gasteiger partial charge is 0.415 e. The average Bonchev–Trinajstić information content (AvgIpc) is 3.03. The Kier molecular flexibility index (Phi) is 7.86. The minimum atomic E-state index is -0.671. The van der Waals surface area contributed by atoms with E-state index in [1.165, 1.54) is 28.2 Å². The van der Waals surface area contributed by atoms with E-state index in [-0.39, 0.29) is 24.8 Å². The van der Waals surface area contributed by atoms with E-state index in [2.05, 4.69) is 35.5 Å². The second-order valence-electron chi connectivity index (χ2n) is 9.48. The third kappa shape index (κ3) is 5.82. The second-order valence-corrected chi connectivity index (χ2v) is 9.48. The van der Waals surface area contributed by atoms with E-state index in [1.807, 2.05) is 45.0 Å². The maximum absolute atomic E-state index is 13.6. The Bertz CT molecular complexity index is 1310. The van der Waals surface area contributed by atoms with Crippen LogP contribution >= 0.6 is 12.4 Å². The van der Waals surface area contributed by atoms with Crippen molar-refractivity contribution in [3.8, 4) is 0 Å². The number of aryl methyl sites for hydroxylation is 1. The van der Waals surface area contributed by atoms with Crippen LogP contribution in [0.25, 0.3) is 10.9 Å². The highest BCUT2D eigenvalue weighted by Gasteiger charge is 2.26. The zero-order chi connectivity index (χ0) is 24.5. The molecule has 184 valence electrons.